The van der Waals surface area contributed by atoms with Gasteiger partial charge in [-0.3, -0.25) is 0 Å². The Bertz CT molecular complexity index is 347. The molecular formula is C10H17ClNO2P. The number of rotatable bonds is 3. The van der Waals surface area contributed by atoms with Crippen molar-refractivity contribution in [1.29, 1.82) is 0 Å². The maximum absolute atomic E-state index is 11.7. The van der Waals surface area contributed by atoms with Crippen LogP contribution in [0.4, 0.5) is 0 Å². The van der Waals surface area contributed by atoms with E-state index in [9.17, 15) is 4.57 Å². The summed E-state index contributed by atoms with van der Waals surface area (Å²) in [6, 6.07) is 6.90. The van der Waals surface area contributed by atoms with Gasteiger partial charge >= 0.3 is 0 Å². The maximum atomic E-state index is 11.7. The number of halogens is 1. The van der Waals surface area contributed by atoms with Gasteiger partial charge in [0.25, 0.3) is 0 Å². The third kappa shape index (κ3) is 3.96. The van der Waals surface area contributed by atoms with Crippen molar-refractivity contribution in [2.24, 2.45) is 5.73 Å². The van der Waals surface area contributed by atoms with Crippen molar-refractivity contribution >= 4 is 24.9 Å². The van der Waals surface area contributed by atoms with Crippen LogP contribution in [0, 0.1) is 0 Å². The fraction of sp³-hybridized carbons (Fsp3) is 0.400. The lowest BCUT2D eigenvalue weighted by molar-refractivity contribution is 0.268. The van der Waals surface area contributed by atoms with Crippen molar-refractivity contribution in [3.8, 4) is 0 Å². The van der Waals surface area contributed by atoms with Gasteiger partial charge in [-0.15, -0.1) is 12.4 Å². The van der Waals surface area contributed by atoms with Crippen molar-refractivity contribution in [2.45, 2.75) is 6.04 Å². The minimum Gasteiger partial charge on any atom is -0.394 e. The lowest BCUT2D eigenvalue weighted by Gasteiger charge is -2.11. The van der Waals surface area contributed by atoms with Crippen LogP contribution < -0.4 is 11.0 Å². The van der Waals surface area contributed by atoms with Crippen LogP contribution in [0.15, 0.2) is 24.3 Å². The minimum absolute atomic E-state index is 0. The Morgan fingerprint density at radius 1 is 1.33 bits per heavy atom. The molecule has 0 aliphatic heterocycles. The van der Waals surface area contributed by atoms with Gasteiger partial charge in [0.2, 0.25) is 0 Å². The molecule has 0 aliphatic carbocycles. The molecule has 0 bridgehead atoms. The molecule has 1 rings (SSSR count). The van der Waals surface area contributed by atoms with E-state index in [1.807, 2.05) is 24.3 Å². The van der Waals surface area contributed by atoms with Gasteiger partial charge in [0, 0.05) is 5.30 Å². The molecule has 0 fully saturated rings. The molecule has 3 N–H and O–H groups in total. The van der Waals surface area contributed by atoms with Crippen molar-refractivity contribution in [1.82, 2.24) is 0 Å². The molecule has 0 aromatic heterocycles. The molecule has 1 unspecified atom stereocenters. The molecule has 0 saturated carbocycles. The van der Waals surface area contributed by atoms with Crippen molar-refractivity contribution in [2.75, 3.05) is 19.9 Å². The summed E-state index contributed by atoms with van der Waals surface area (Å²) in [5, 5.41) is 9.68. The standard InChI is InChI=1S/C10H16NO2P.ClH/c1-14(2,13)9-5-3-8(4-6-9)10(11)7-12;/h3-6,10,12H,7,11H2,1-2H3;1H. The van der Waals surface area contributed by atoms with Crippen LogP contribution in [-0.4, -0.2) is 25.0 Å². The number of aliphatic hydroxyl groups excluding tert-OH is 1. The molecule has 0 aliphatic rings. The van der Waals surface area contributed by atoms with Crippen LogP contribution in [-0.2, 0) is 4.57 Å². The van der Waals surface area contributed by atoms with Crippen LogP contribution in [0.1, 0.15) is 11.6 Å². The highest BCUT2D eigenvalue weighted by atomic mass is 35.5. The number of benzene rings is 1. The molecule has 0 amide bonds. The number of hydrogen-bond acceptors (Lipinski definition) is 3. The van der Waals surface area contributed by atoms with Crippen LogP contribution in [0.3, 0.4) is 0 Å². The molecule has 0 heterocycles. The first-order valence-electron chi connectivity index (χ1n) is 4.47. The van der Waals surface area contributed by atoms with Crippen LogP contribution >= 0.6 is 19.5 Å². The van der Waals surface area contributed by atoms with E-state index in [0.717, 1.165) is 10.9 Å². The fourth-order valence-corrected chi connectivity index (χ4v) is 2.05. The lowest BCUT2D eigenvalue weighted by Crippen LogP contribution is -2.15. The summed E-state index contributed by atoms with van der Waals surface area (Å²) in [5.41, 5.74) is 6.50. The lowest BCUT2D eigenvalue weighted by atomic mass is 10.1. The molecule has 1 aromatic rings. The third-order valence-electron chi connectivity index (χ3n) is 2.14. The molecule has 86 valence electrons. The smallest absolute Gasteiger partial charge is 0.109 e. The topological polar surface area (TPSA) is 63.3 Å². The van der Waals surface area contributed by atoms with Gasteiger partial charge in [0.1, 0.15) is 7.14 Å². The molecule has 15 heavy (non-hydrogen) atoms. The van der Waals surface area contributed by atoms with E-state index in [1.165, 1.54) is 0 Å². The Kier molecular flexibility index (Phi) is 5.54. The van der Waals surface area contributed by atoms with Gasteiger partial charge in [-0.05, 0) is 18.9 Å². The quantitative estimate of drug-likeness (QED) is 0.795. The van der Waals surface area contributed by atoms with Crippen LogP contribution in [0.2, 0.25) is 0 Å². The summed E-state index contributed by atoms with van der Waals surface area (Å²) in [7, 11) is -2.18. The highest BCUT2D eigenvalue weighted by Crippen LogP contribution is 2.34. The normalized spacial score (nSPS) is 13.1. The largest absolute Gasteiger partial charge is 0.394 e. The van der Waals surface area contributed by atoms with E-state index in [-0.39, 0.29) is 25.1 Å². The zero-order chi connectivity index (χ0) is 10.8. The van der Waals surface area contributed by atoms with Gasteiger partial charge in [-0.2, -0.15) is 0 Å². The number of nitrogens with two attached hydrogens (primary N) is 1. The Labute approximate surface area is 96.5 Å². The van der Waals surface area contributed by atoms with E-state index in [2.05, 4.69) is 0 Å². The molecule has 1 aromatic carbocycles. The predicted molar refractivity (Wildman–Crippen MR) is 66.8 cm³/mol. The SMILES string of the molecule is CP(C)(=O)c1ccc(C(N)CO)cc1.Cl. The molecule has 0 saturated heterocycles. The van der Waals surface area contributed by atoms with Crippen molar-refractivity contribution < 1.29 is 9.67 Å². The second kappa shape index (κ2) is 5.66. The van der Waals surface area contributed by atoms with Gasteiger partial charge in [-0.1, -0.05) is 24.3 Å². The van der Waals surface area contributed by atoms with Gasteiger partial charge < -0.3 is 15.4 Å². The first-order chi connectivity index (χ1) is 6.45. The minimum atomic E-state index is -2.18. The first-order valence-corrected chi connectivity index (χ1v) is 7.07. The Morgan fingerprint density at radius 2 is 1.80 bits per heavy atom. The van der Waals surface area contributed by atoms with Crippen LogP contribution in [0.5, 0.6) is 0 Å². The number of aliphatic hydroxyl groups is 1. The van der Waals surface area contributed by atoms with E-state index >= 15 is 0 Å². The summed E-state index contributed by atoms with van der Waals surface area (Å²) in [6.07, 6.45) is 0. The molecule has 0 radical (unpaired) electrons. The van der Waals surface area contributed by atoms with E-state index in [0.29, 0.717) is 0 Å². The van der Waals surface area contributed by atoms with Crippen LogP contribution in [0.25, 0.3) is 0 Å². The summed E-state index contributed by atoms with van der Waals surface area (Å²) < 4.78 is 11.7. The Morgan fingerprint density at radius 3 is 2.13 bits per heavy atom. The third-order valence-corrected chi connectivity index (χ3v) is 3.68. The molecular weight excluding hydrogens is 233 g/mol. The highest BCUT2D eigenvalue weighted by Gasteiger charge is 2.11. The van der Waals surface area contributed by atoms with Crippen molar-refractivity contribution in [3.05, 3.63) is 29.8 Å². The molecule has 1 atom stereocenters. The summed E-state index contributed by atoms with van der Waals surface area (Å²) in [6.45, 7) is 3.39. The second-order valence-corrected chi connectivity index (χ2v) is 6.95. The van der Waals surface area contributed by atoms with E-state index < -0.39 is 7.14 Å². The fourth-order valence-electron chi connectivity index (χ4n) is 1.19. The first kappa shape index (κ1) is 14.7. The van der Waals surface area contributed by atoms with E-state index in [4.69, 9.17) is 10.8 Å². The Balaban J connectivity index is 0.00000196. The molecule has 5 heteroatoms. The number of hydrogen-bond donors (Lipinski definition) is 2. The zero-order valence-electron chi connectivity index (χ0n) is 8.88. The summed E-state index contributed by atoms with van der Waals surface area (Å²) >= 11 is 0. The summed E-state index contributed by atoms with van der Waals surface area (Å²) in [5.74, 6) is 0. The maximum Gasteiger partial charge on any atom is 0.109 e. The summed E-state index contributed by atoms with van der Waals surface area (Å²) in [4.78, 5) is 0. The Hall–Kier alpha value is -0.340. The zero-order valence-corrected chi connectivity index (χ0v) is 10.6. The second-order valence-electron chi connectivity index (χ2n) is 3.73. The van der Waals surface area contributed by atoms with Crippen molar-refractivity contribution in [3.63, 3.8) is 0 Å². The predicted octanol–water partition coefficient (Wildman–Crippen LogP) is 1.35. The average molecular weight is 250 g/mol. The molecule has 3 nitrogen and oxygen atoms in total. The monoisotopic (exact) mass is 249 g/mol. The highest BCUT2D eigenvalue weighted by molar-refractivity contribution is 7.70. The van der Waals surface area contributed by atoms with Gasteiger partial charge in [-0.25, -0.2) is 0 Å². The molecule has 0 spiro atoms. The van der Waals surface area contributed by atoms with Gasteiger partial charge in [0.15, 0.2) is 0 Å². The van der Waals surface area contributed by atoms with E-state index in [1.54, 1.807) is 13.3 Å². The van der Waals surface area contributed by atoms with Gasteiger partial charge in [0.05, 0.1) is 12.6 Å². The average Bonchev–Trinajstić information content (AvgIpc) is 2.15.